The van der Waals surface area contributed by atoms with Gasteiger partial charge in [-0.2, -0.15) is 12.7 Å². The van der Waals surface area contributed by atoms with Gasteiger partial charge < -0.3 is 23.1 Å². The molecule has 1 aliphatic heterocycles. The fraction of sp³-hybridized carbons (Fsp3) is 0.326. The number of nitrogens with zero attached hydrogens (tertiary/aromatic N) is 4. The smallest absolute Gasteiger partial charge is 0.385 e. The normalized spacial score (nSPS) is 14.0. The number of hydrogen-bond donors (Lipinski definition) is 0. The summed E-state index contributed by atoms with van der Waals surface area (Å²) in [4.78, 5) is 13.2. The van der Waals surface area contributed by atoms with Crippen LogP contribution in [-0.4, -0.2) is 54.0 Å². The van der Waals surface area contributed by atoms with E-state index in [-0.39, 0.29) is 37.8 Å². The predicted octanol–water partition coefficient (Wildman–Crippen LogP) is 8.36. The van der Waals surface area contributed by atoms with Crippen LogP contribution in [0.2, 0.25) is 0 Å². The van der Waals surface area contributed by atoms with Crippen molar-refractivity contribution in [3.63, 3.8) is 0 Å². The zero-order chi connectivity index (χ0) is 41.4. The molecule has 308 valence electrons. The van der Waals surface area contributed by atoms with Crippen molar-refractivity contribution in [3.05, 3.63) is 148 Å². The summed E-state index contributed by atoms with van der Waals surface area (Å²) < 4.78 is 59.2. The first-order valence-corrected chi connectivity index (χ1v) is 21.3. The maximum atomic E-state index is 13.6. The van der Waals surface area contributed by atoms with E-state index in [9.17, 15) is 13.2 Å². The van der Waals surface area contributed by atoms with Gasteiger partial charge >= 0.3 is 16.3 Å². The molecule has 12 nitrogen and oxygen atoms in total. The molecule has 0 saturated carbocycles. The van der Waals surface area contributed by atoms with Crippen molar-refractivity contribution in [1.29, 1.82) is 0 Å². The lowest BCUT2D eigenvalue weighted by atomic mass is 9.84. The quantitative estimate of drug-likeness (QED) is 0.0616. The Morgan fingerprint density at radius 1 is 0.881 bits per heavy atom. The molecule has 0 aliphatic carbocycles. The summed E-state index contributed by atoms with van der Waals surface area (Å²) in [5.41, 5.74) is 8.52. The first-order valence-electron chi connectivity index (χ1n) is 19.9. The van der Waals surface area contributed by atoms with E-state index >= 15 is 0 Å². The third-order valence-electron chi connectivity index (χ3n) is 10.7. The van der Waals surface area contributed by atoms with Crippen LogP contribution in [0.5, 0.6) is 17.2 Å². The fourth-order valence-electron chi connectivity index (χ4n) is 7.45. The number of fused-ring (bicyclic) bond motifs is 2. The van der Waals surface area contributed by atoms with Crippen LogP contribution >= 0.6 is 0 Å². The van der Waals surface area contributed by atoms with Crippen LogP contribution in [0.4, 0.5) is 0 Å². The zero-order valence-corrected chi connectivity index (χ0v) is 34.7. The number of carbonyl (C=O) groups is 1. The molecule has 59 heavy (non-hydrogen) atoms. The maximum Gasteiger partial charge on any atom is 0.385 e. The minimum atomic E-state index is -4.15. The van der Waals surface area contributed by atoms with Crippen molar-refractivity contribution in [3.8, 4) is 17.2 Å². The number of hydrogen-bond acceptors (Lipinski definition) is 10. The van der Waals surface area contributed by atoms with Gasteiger partial charge in [0.25, 0.3) is 0 Å². The third kappa shape index (κ3) is 9.93. The van der Waals surface area contributed by atoms with Gasteiger partial charge in [-0.1, -0.05) is 78.0 Å². The zero-order valence-electron chi connectivity index (χ0n) is 33.9. The molecule has 0 fully saturated rings. The molecule has 0 spiro atoms. The van der Waals surface area contributed by atoms with Crippen LogP contribution in [0, 0.1) is 13.8 Å². The number of aromatic nitrogens is 3. The number of carbonyl (C=O) groups excluding carboxylic acids is 1. The Bertz CT molecular complexity index is 2490. The largest absolute Gasteiger partial charge is 0.496 e. The number of aryl methyl sites for hydroxylation is 2. The number of ether oxygens (including phenoxy) is 4. The summed E-state index contributed by atoms with van der Waals surface area (Å²) in [6.07, 6.45) is 1.80. The van der Waals surface area contributed by atoms with Crippen molar-refractivity contribution in [2.24, 2.45) is 0 Å². The Morgan fingerprint density at radius 3 is 2.36 bits per heavy atom. The Balaban J connectivity index is 1.12. The Morgan fingerprint density at radius 2 is 1.63 bits per heavy atom. The second-order valence-electron chi connectivity index (χ2n) is 14.6. The van der Waals surface area contributed by atoms with Crippen LogP contribution in [0.25, 0.3) is 11.0 Å². The van der Waals surface area contributed by atoms with Crippen molar-refractivity contribution >= 4 is 27.3 Å². The Kier molecular flexibility index (Phi) is 13.2. The average molecular weight is 819 g/mol. The summed E-state index contributed by atoms with van der Waals surface area (Å²) in [5, 5.41) is 9.07. The second-order valence-corrected chi connectivity index (χ2v) is 16.2. The molecule has 7 rings (SSSR count). The molecule has 0 N–H and O–H groups in total. The Hall–Kier alpha value is -5.76. The van der Waals surface area contributed by atoms with Crippen molar-refractivity contribution in [2.45, 2.75) is 78.8 Å². The maximum absolute atomic E-state index is 13.6. The van der Waals surface area contributed by atoms with Gasteiger partial charge in [-0.05, 0) is 103 Å². The molecule has 6 aromatic rings. The molecule has 0 amide bonds. The summed E-state index contributed by atoms with van der Waals surface area (Å²) >= 11 is 0. The monoisotopic (exact) mass is 818 g/mol. The molecular formula is C46H50N4O8S. The molecule has 0 bridgehead atoms. The van der Waals surface area contributed by atoms with E-state index in [0.29, 0.717) is 49.0 Å². The van der Waals surface area contributed by atoms with Crippen molar-refractivity contribution < 1.29 is 36.3 Å². The molecule has 1 aliphatic rings. The third-order valence-corrected chi connectivity index (χ3v) is 11.9. The van der Waals surface area contributed by atoms with Crippen LogP contribution in [0.3, 0.4) is 0 Å². The summed E-state index contributed by atoms with van der Waals surface area (Å²) in [6, 6.07) is 33.0. The standard InChI is InChI=1S/C46H50N4O8S/c1-5-56-45(51)27-41(40-19-20-42-46(33(40)3)47-48-50(42)22-12-13-23-55-30-34-14-8-6-9-15-34)36-24-37(32(2)44(26-36)54-4)28-49-29-38-25-39(18-21-43(38)58-59(49,52)53)57-31-35-16-10-7-11-17-35/h6-11,14-21,24-26,41H,5,12-13,22-23,27-31H2,1-4H3. The topological polar surface area (TPSA) is 131 Å². The van der Waals surface area contributed by atoms with Crippen molar-refractivity contribution in [2.75, 3.05) is 20.3 Å². The summed E-state index contributed by atoms with van der Waals surface area (Å²) in [7, 11) is -2.57. The van der Waals surface area contributed by atoms with Crippen LogP contribution in [-0.2, 0) is 57.4 Å². The number of methoxy groups -OCH3 is 1. The summed E-state index contributed by atoms with van der Waals surface area (Å²) in [6.45, 7) is 8.28. The second kappa shape index (κ2) is 18.9. The summed E-state index contributed by atoms with van der Waals surface area (Å²) in [5.74, 6) is 0.620. The van der Waals surface area contributed by atoms with Crippen LogP contribution in [0.1, 0.15) is 76.6 Å². The van der Waals surface area contributed by atoms with Gasteiger partial charge in [0.2, 0.25) is 0 Å². The van der Waals surface area contributed by atoms with Gasteiger partial charge in [0.15, 0.2) is 0 Å². The number of benzene rings is 5. The molecule has 5 aromatic carbocycles. The fourth-order valence-corrected chi connectivity index (χ4v) is 8.54. The van der Waals surface area contributed by atoms with Gasteiger partial charge in [-0.3, -0.25) is 4.79 Å². The van der Waals surface area contributed by atoms with E-state index in [1.54, 1.807) is 26.2 Å². The predicted molar refractivity (Wildman–Crippen MR) is 224 cm³/mol. The lowest BCUT2D eigenvalue weighted by molar-refractivity contribution is -0.143. The van der Waals surface area contributed by atoms with Gasteiger partial charge in [0.05, 0.1) is 32.3 Å². The van der Waals surface area contributed by atoms with Crippen LogP contribution in [0.15, 0.2) is 103 Å². The lowest BCUT2D eigenvalue weighted by Gasteiger charge is -2.29. The molecular weight excluding hydrogens is 769 g/mol. The molecule has 1 atom stereocenters. The molecule has 1 aromatic heterocycles. The highest BCUT2D eigenvalue weighted by Gasteiger charge is 2.33. The molecule has 0 radical (unpaired) electrons. The Labute approximate surface area is 345 Å². The van der Waals surface area contributed by atoms with Gasteiger partial charge in [-0.15, -0.1) is 5.10 Å². The molecule has 0 saturated heterocycles. The van der Waals surface area contributed by atoms with E-state index in [4.69, 9.17) is 23.1 Å². The molecule has 2 heterocycles. The molecule has 13 heteroatoms. The minimum absolute atomic E-state index is 0.00265. The van der Waals surface area contributed by atoms with Gasteiger partial charge in [0.1, 0.15) is 29.4 Å². The van der Waals surface area contributed by atoms with E-state index in [2.05, 4.69) is 22.4 Å². The lowest BCUT2D eigenvalue weighted by Crippen LogP contribution is -2.37. The van der Waals surface area contributed by atoms with E-state index in [1.165, 1.54) is 4.31 Å². The highest BCUT2D eigenvalue weighted by atomic mass is 32.2. The molecule has 1 unspecified atom stereocenters. The highest BCUT2D eigenvalue weighted by Crippen LogP contribution is 2.39. The highest BCUT2D eigenvalue weighted by molar-refractivity contribution is 7.84. The van der Waals surface area contributed by atoms with Gasteiger partial charge in [-0.25, -0.2) is 4.68 Å². The van der Waals surface area contributed by atoms with E-state index in [1.807, 2.05) is 97.4 Å². The first-order chi connectivity index (χ1) is 28.6. The average Bonchev–Trinajstić information content (AvgIpc) is 3.66. The van der Waals surface area contributed by atoms with Gasteiger partial charge in [0, 0.05) is 37.7 Å². The SMILES string of the molecule is CCOC(=O)CC(c1cc(CN2Cc3cc(OCc4ccccc4)ccc3OS2(=O)=O)c(C)c(OC)c1)c1ccc2c(nnn2CCCCOCc2ccccc2)c1C. The van der Waals surface area contributed by atoms with Crippen molar-refractivity contribution in [1.82, 2.24) is 19.3 Å². The van der Waals surface area contributed by atoms with Crippen LogP contribution < -0.4 is 13.7 Å². The first kappa shape index (κ1) is 41.4. The number of rotatable bonds is 18. The number of unbranched alkanes of at least 4 members (excludes halogenated alkanes) is 1. The number of esters is 1. The van der Waals surface area contributed by atoms with E-state index in [0.717, 1.165) is 57.3 Å². The van der Waals surface area contributed by atoms with E-state index < -0.39 is 16.2 Å². The minimum Gasteiger partial charge on any atom is -0.496 e.